The number of hydrogen-bond acceptors (Lipinski definition) is 5. The second kappa shape index (κ2) is 8.57. The van der Waals surface area contributed by atoms with Crippen LogP contribution >= 0.6 is 0 Å². The van der Waals surface area contributed by atoms with Gasteiger partial charge in [-0.25, -0.2) is 0 Å². The zero-order valence-electron chi connectivity index (χ0n) is 18.4. The average Bonchev–Trinajstić information content (AvgIpc) is 2.57. The lowest BCUT2D eigenvalue weighted by atomic mass is 9.85. The van der Waals surface area contributed by atoms with Crippen LogP contribution in [-0.4, -0.2) is 44.3 Å². The third-order valence-corrected chi connectivity index (χ3v) is 5.28. The maximum absolute atomic E-state index is 12.1. The zero-order chi connectivity index (χ0) is 20.2. The van der Waals surface area contributed by atoms with Gasteiger partial charge in [-0.1, -0.05) is 27.7 Å². The van der Waals surface area contributed by atoms with E-state index in [1.54, 1.807) is 0 Å². The van der Waals surface area contributed by atoms with Crippen molar-refractivity contribution in [2.75, 3.05) is 26.4 Å². The summed E-state index contributed by atoms with van der Waals surface area (Å²) < 4.78 is 23.8. The van der Waals surface area contributed by atoms with Gasteiger partial charge in [0.2, 0.25) is 0 Å². The van der Waals surface area contributed by atoms with Gasteiger partial charge in [0.05, 0.1) is 36.3 Å². The first kappa shape index (κ1) is 23.4. The molecule has 1 saturated heterocycles. The molecule has 0 spiro atoms. The van der Waals surface area contributed by atoms with Crippen molar-refractivity contribution in [2.45, 2.75) is 87.0 Å². The Balaban J connectivity index is 2.61. The molecule has 154 valence electrons. The Morgan fingerprint density at radius 1 is 1.04 bits per heavy atom. The highest BCUT2D eigenvalue weighted by molar-refractivity contribution is 5.75. The van der Waals surface area contributed by atoms with E-state index in [4.69, 9.17) is 18.9 Å². The molecule has 0 aromatic carbocycles. The third-order valence-electron chi connectivity index (χ3n) is 5.28. The van der Waals surface area contributed by atoms with Gasteiger partial charge in [0, 0.05) is 5.41 Å². The fraction of sp³-hybridized carbons (Fsp3) is 0.952. The largest absolute Gasteiger partial charge is 0.465 e. The van der Waals surface area contributed by atoms with Crippen molar-refractivity contribution in [2.24, 2.45) is 16.2 Å². The van der Waals surface area contributed by atoms with E-state index in [1.165, 1.54) is 0 Å². The smallest absolute Gasteiger partial charge is 0.311 e. The fourth-order valence-corrected chi connectivity index (χ4v) is 2.42. The van der Waals surface area contributed by atoms with E-state index in [2.05, 4.69) is 41.5 Å². The molecule has 5 nitrogen and oxygen atoms in total. The van der Waals surface area contributed by atoms with Gasteiger partial charge < -0.3 is 18.9 Å². The van der Waals surface area contributed by atoms with Crippen LogP contribution in [0.3, 0.4) is 0 Å². The molecule has 0 atom stereocenters. The summed E-state index contributed by atoms with van der Waals surface area (Å²) >= 11 is 0. The minimum atomic E-state index is -0.501. The van der Waals surface area contributed by atoms with Gasteiger partial charge >= 0.3 is 5.97 Å². The Hall–Kier alpha value is -0.650. The summed E-state index contributed by atoms with van der Waals surface area (Å²) in [5.41, 5.74) is -1.19. The third kappa shape index (κ3) is 6.50. The van der Waals surface area contributed by atoms with Crippen molar-refractivity contribution in [3.05, 3.63) is 0 Å². The molecule has 1 fully saturated rings. The molecule has 0 bridgehead atoms. The molecular weight excluding hydrogens is 332 g/mol. The van der Waals surface area contributed by atoms with Gasteiger partial charge in [0.15, 0.2) is 6.29 Å². The molecular formula is C21H40O5. The number of carbonyl (C=O) groups excluding carboxylic acids is 1. The molecule has 0 aromatic rings. The Bertz CT molecular complexity index is 454. The van der Waals surface area contributed by atoms with Crippen LogP contribution in [0.2, 0.25) is 0 Å². The van der Waals surface area contributed by atoms with Crippen molar-refractivity contribution in [1.29, 1.82) is 0 Å². The Kier molecular flexibility index (Phi) is 7.71. The highest BCUT2D eigenvalue weighted by atomic mass is 16.7. The number of esters is 1. The van der Waals surface area contributed by atoms with E-state index in [9.17, 15) is 4.79 Å². The Morgan fingerprint density at radius 2 is 1.58 bits per heavy atom. The first-order chi connectivity index (χ1) is 11.8. The highest BCUT2D eigenvalue weighted by Crippen LogP contribution is 2.36. The SMILES string of the molecule is CCC1(COC(=O)C(C)(C)C)COC(C(C)(C)COC(C)(C)CC)OC1. The molecule has 26 heavy (non-hydrogen) atoms. The molecule has 1 rings (SSSR count). The van der Waals surface area contributed by atoms with Crippen molar-refractivity contribution in [1.82, 2.24) is 0 Å². The van der Waals surface area contributed by atoms with Crippen LogP contribution in [0.25, 0.3) is 0 Å². The molecule has 0 aromatic heterocycles. The van der Waals surface area contributed by atoms with Gasteiger partial charge in [-0.2, -0.15) is 0 Å². The average molecular weight is 373 g/mol. The summed E-state index contributed by atoms with van der Waals surface area (Å²) in [6.45, 7) is 20.1. The van der Waals surface area contributed by atoms with Gasteiger partial charge in [0.1, 0.15) is 6.61 Å². The molecule has 0 aliphatic carbocycles. The molecule has 0 saturated carbocycles. The van der Waals surface area contributed by atoms with Crippen molar-refractivity contribution in [3.63, 3.8) is 0 Å². The van der Waals surface area contributed by atoms with Crippen molar-refractivity contribution >= 4 is 5.97 Å². The second-order valence-corrected chi connectivity index (χ2v) is 10.0. The number of rotatable bonds is 8. The van der Waals surface area contributed by atoms with E-state index in [-0.39, 0.29) is 28.7 Å². The van der Waals surface area contributed by atoms with E-state index >= 15 is 0 Å². The summed E-state index contributed by atoms with van der Waals surface area (Å²) in [6, 6.07) is 0. The molecule has 1 aliphatic rings. The summed E-state index contributed by atoms with van der Waals surface area (Å²) in [5, 5.41) is 0. The van der Waals surface area contributed by atoms with Gasteiger partial charge in [-0.3, -0.25) is 4.79 Å². The van der Waals surface area contributed by atoms with Crippen LogP contribution in [0.15, 0.2) is 0 Å². The van der Waals surface area contributed by atoms with E-state index in [0.717, 1.165) is 12.8 Å². The second-order valence-electron chi connectivity index (χ2n) is 10.0. The van der Waals surface area contributed by atoms with Gasteiger partial charge in [-0.05, 0) is 47.5 Å². The molecule has 0 unspecified atom stereocenters. The van der Waals surface area contributed by atoms with Gasteiger partial charge in [0.25, 0.3) is 0 Å². The van der Waals surface area contributed by atoms with Crippen molar-refractivity contribution < 1.29 is 23.7 Å². The standard InChI is InChI=1S/C21H40O5/c1-10-20(8,9)26-12-19(6,7)17-24-14-21(11-2,15-25-17)13-23-16(22)18(3,4)5/h17H,10-15H2,1-9H3. The van der Waals surface area contributed by atoms with E-state index < -0.39 is 5.41 Å². The molecule has 5 heteroatoms. The fourth-order valence-electron chi connectivity index (χ4n) is 2.42. The maximum Gasteiger partial charge on any atom is 0.311 e. The number of ether oxygens (including phenoxy) is 4. The maximum atomic E-state index is 12.1. The number of carbonyl (C=O) groups is 1. The lowest BCUT2D eigenvalue weighted by Crippen LogP contribution is -2.51. The minimum absolute atomic E-state index is 0.153. The summed E-state index contributed by atoms with van der Waals surface area (Å²) in [7, 11) is 0. The molecule has 0 radical (unpaired) electrons. The zero-order valence-corrected chi connectivity index (χ0v) is 18.4. The van der Waals surface area contributed by atoms with Gasteiger partial charge in [-0.15, -0.1) is 0 Å². The Labute approximate surface area is 160 Å². The summed E-state index contributed by atoms with van der Waals surface area (Å²) in [5.74, 6) is -0.192. The predicted molar refractivity (Wildman–Crippen MR) is 103 cm³/mol. The molecule has 1 heterocycles. The lowest BCUT2D eigenvalue weighted by Gasteiger charge is -2.44. The van der Waals surface area contributed by atoms with Crippen LogP contribution in [0, 0.1) is 16.2 Å². The monoisotopic (exact) mass is 372 g/mol. The highest BCUT2D eigenvalue weighted by Gasteiger charge is 2.43. The lowest BCUT2D eigenvalue weighted by molar-refractivity contribution is -0.285. The van der Waals surface area contributed by atoms with Crippen molar-refractivity contribution in [3.8, 4) is 0 Å². The summed E-state index contributed by atoms with van der Waals surface area (Å²) in [6.07, 6.45) is 1.46. The Morgan fingerprint density at radius 3 is 2.00 bits per heavy atom. The quantitative estimate of drug-likeness (QED) is 0.584. The van der Waals surface area contributed by atoms with E-state index in [0.29, 0.717) is 26.4 Å². The first-order valence-corrected chi connectivity index (χ1v) is 9.81. The molecule has 1 aliphatic heterocycles. The minimum Gasteiger partial charge on any atom is -0.465 e. The number of hydrogen-bond donors (Lipinski definition) is 0. The van der Waals surface area contributed by atoms with E-state index in [1.807, 2.05) is 20.8 Å². The van der Waals surface area contributed by atoms with Crippen LogP contribution in [-0.2, 0) is 23.7 Å². The topological polar surface area (TPSA) is 54.0 Å². The van der Waals surface area contributed by atoms with Crippen LogP contribution in [0.4, 0.5) is 0 Å². The predicted octanol–water partition coefficient (Wildman–Crippen LogP) is 4.58. The summed E-state index contributed by atoms with van der Waals surface area (Å²) in [4.78, 5) is 12.1. The van der Waals surface area contributed by atoms with Crippen LogP contribution in [0.1, 0.15) is 75.2 Å². The normalized spacial score (nSPS) is 25.2. The van der Waals surface area contributed by atoms with Crippen LogP contribution in [0.5, 0.6) is 0 Å². The van der Waals surface area contributed by atoms with Crippen LogP contribution < -0.4 is 0 Å². The molecule has 0 N–H and O–H groups in total. The first-order valence-electron chi connectivity index (χ1n) is 9.81. The molecule has 0 amide bonds.